The van der Waals surface area contributed by atoms with Crippen LogP contribution in [-0.4, -0.2) is 41.4 Å². The summed E-state index contributed by atoms with van der Waals surface area (Å²) in [6.45, 7) is 5.49. The molecule has 1 N–H and O–H groups in total. The molecule has 2 aromatic carbocycles. The van der Waals surface area contributed by atoms with Crippen molar-refractivity contribution in [1.82, 2.24) is 9.78 Å². The number of nitrogens with zero attached hydrogens (tertiary/aromatic N) is 3. The molecule has 0 aliphatic carbocycles. The van der Waals surface area contributed by atoms with Gasteiger partial charge in [-0.25, -0.2) is 9.48 Å². The fraction of sp³-hybridized carbons (Fsp3) is 0.320. The van der Waals surface area contributed by atoms with Gasteiger partial charge in [0.25, 0.3) is 5.91 Å². The minimum absolute atomic E-state index is 0.352. The lowest BCUT2D eigenvalue weighted by Gasteiger charge is -2.28. The van der Waals surface area contributed by atoms with Crippen LogP contribution >= 0.6 is 11.6 Å². The van der Waals surface area contributed by atoms with E-state index in [-0.39, 0.29) is 12.5 Å². The van der Waals surface area contributed by atoms with Crippen LogP contribution in [-0.2, 0) is 9.53 Å². The first-order valence-electron chi connectivity index (χ1n) is 11.1. The van der Waals surface area contributed by atoms with Gasteiger partial charge in [0.1, 0.15) is 0 Å². The van der Waals surface area contributed by atoms with E-state index in [0.29, 0.717) is 16.3 Å². The molecule has 2 heterocycles. The summed E-state index contributed by atoms with van der Waals surface area (Å²) < 4.78 is 6.89. The molecule has 7 nitrogen and oxygen atoms in total. The summed E-state index contributed by atoms with van der Waals surface area (Å²) in [4.78, 5) is 26.9. The minimum Gasteiger partial charge on any atom is -0.452 e. The number of rotatable bonds is 6. The van der Waals surface area contributed by atoms with Crippen molar-refractivity contribution in [2.45, 2.75) is 33.1 Å². The molecule has 0 atom stereocenters. The number of nitrogens with one attached hydrogen (secondary N) is 1. The SMILES string of the molecule is Cc1nn(-c2ccc(C(=O)OCC(=O)Nc3ccc(N4CCCCC4)cc3)cc2)c(C)c1Cl. The van der Waals surface area contributed by atoms with Gasteiger partial charge in [-0.3, -0.25) is 4.79 Å². The van der Waals surface area contributed by atoms with E-state index in [4.69, 9.17) is 16.3 Å². The fourth-order valence-corrected chi connectivity index (χ4v) is 4.05. The molecular weight excluding hydrogens is 440 g/mol. The van der Waals surface area contributed by atoms with Crippen molar-refractivity contribution >= 4 is 34.9 Å². The van der Waals surface area contributed by atoms with Crippen LogP contribution in [0.4, 0.5) is 11.4 Å². The zero-order valence-electron chi connectivity index (χ0n) is 18.8. The van der Waals surface area contributed by atoms with Gasteiger partial charge in [0, 0.05) is 24.5 Å². The predicted octanol–water partition coefficient (Wildman–Crippen LogP) is 4.93. The Balaban J connectivity index is 1.29. The highest BCUT2D eigenvalue weighted by atomic mass is 35.5. The highest BCUT2D eigenvalue weighted by Gasteiger charge is 2.14. The molecule has 1 saturated heterocycles. The van der Waals surface area contributed by atoms with Crippen molar-refractivity contribution in [3.05, 3.63) is 70.5 Å². The van der Waals surface area contributed by atoms with E-state index in [1.165, 1.54) is 19.3 Å². The summed E-state index contributed by atoms with van der Waals surface area (Å²) >= 11 is 6.20. The number of anilines is 2. The molecule has 8 heteroatoms. The van der Waals surface area contributed by atoms with Crippen molar-refractivity contribution in [3.8, 4) is 5.69 Å². The molecule has 3 aromatic rings. The van der Waals surface area contributed by atoms with E-state index in [9.17, 15) is 9.59 Å². The van der Waals surface area contributed by atoms with Crippen LogP contribution in [0.25, 0.3) is 5.69 Å². The quantitative estimate of drug-likeness (QED) is 0.521. The first-order chi connectivity index (χ1) is 15.9. The van der Waals surface area contributed by atoms with Gasteiger partial charge in [0.05, 0.1) is 27.7 Å². The van der Waals surface area contributed by atoms with E-state index in [2.05, 4.69) is 15.3 Å². The van der Waals surface area contributed by atoms with Gasteiger partial charge in [-0.2, -0.15) is 5.10 Å². The number of halogens is 1. The van der Waals surface area contributed by atoms with Gasteiger partial charge >= 0.3 is 5.97 Å². The number of carbonyl (C=O) groups excluding carboxylic acids is 2. The number of hydrogen-bond acceptors (Lipinski definition) is 5. The summed E-state index contributed by atoms with van der Waals surface area (Å²) in [6.07, 6.45) is 3.71. The molecule has 1 amide bonds. The number of benzene rings is 2. The smallest absolute Gasteiger partial charge is 0.338 e. The maximum atomic E-state index is 12.3. The highest BCUT2D eigenvalue weighted by Crippen LogP contribution is 2.23. The van der Waals surface area contributed by atoms with Gasteiger partial charge in [0.15, 0.2) is 6.61 Å². The lowest BCUT2D eigenvalue weighted by Crippen LogP contribution is -2.29. The van der Waals surface area contributed by atoms with E-state index >= 15 is 0 Å². The Bertz CT molecular complexity index is 1130. The number of aryl methyl sites for hydroxylation is 1. The second kappa shape index (κ2) is 10.1. The molecule has 0 unspecified atom stereocenters. The monoisotopic (exact) mass is 466 g/mol. The van der Waals surface area contributed by atoms with Gasteiger partial charge in [-0.15, -0.1) is 0 Å². The summed E-state index contributed by atoms with van der Waals surface area (Å²) in [5.41, 5.74) is 4.53. The number of amides is 1. The Hall–Kier alpha value is -3.32. The number of aromatic nitrogens is 2. The third-order valence-corrected chi connectivity index (χ3v) is 6.30. The number of hydrogen-bond donors (Lipinski definition) is 1. The van der Waals surface area contributed by atoms with Crippen LogP contribution in [0.5, 0.6) is 0 Å². The number of piperidine rings is 1. The Labute approximate surface area is 198 Å². The second-order valence-corrected chi connectivity index (χ2v) is 8.54. The van der Waals surface area contributed by atoms with Crippen LogP contribution in [0.1, 0.15) is 41.0 Å². The standard InChI is InChI=1S/C25H27ClN4O3/c1-17-24(26)18(2)30(28-17)22-10-6-19(7-11-22)25(32)33-16-23(31)27-20-8-12-21(13-9-20)29-14-4-3-5-15-29/h6-13H,3-5,14-16H2,1-2H3,(H,27,31). The molecule has 1 fully saturated rings. The third-order valence-electron chi connectivity index (χ3n) is 5.76. The van der Waals surface area contributed by atoms with E-state index < -0.39 is 5.97 Å². The average Bonchev–Trinajstić information content (AvgIpc) is 3.11. The number of carbonyl (C=O) groups is 2. The molecule has 1 aliphatic heterocycles. The van der Waals surface area contributed by atoms with Crippen LogP contribution in [0, 0.1) is 13.8 Å². The Kier molecular flexibility index (Phi) is 6.99. The van der Waals surface area contributed by atoms with E-state index in [1.54, 1.807) is 28.9 Å². The summed E-state index contributed by atoms with van der Waals surface area (Å²) in [5, 5.41) is 7.78. The van der Waals surface area contributed by atoms with Gasteiger partial charge in [-0.05, 0) is 81.6 Å². The number of esters is 1. The molecule has 1 aromatic heterocycles. The fourth-order valence-electron chi connectivity index (χ4n) is 3.93. The molecule has 0 spiro atoms. The topological polar surface area (TPSA) is 76.5 Å². The highest BCUT2D eigenvalue weighted by molar-refractivity contribution is 6.31. The Morgan fingerprint density at radius 2 is 1.61 bits per heavy atom. The lowest BCUT2D eigenvalue weighted by atomic mass is 10.1. The first-order valence-corrected chi connectivity index (χ1v) is 11.4. The molecule has 0 radical (unpaired) electrons. The van der Waals surface area contributed by atoms with Crippen LogP contribution < -0.4 is 10.2 Å². The Morgan fingerprint density at radius 3 is 2.21 bits per heavy atom. The normalized spacial score (nSPS) is 13.6. The minimum atomic E-state index is -0.566. The average molecular weight is 467 g/mol. The molecule has 0 bridgehead atoms. The summed E-state index contributed by atoms with van der Waals surface area (Å²) in [7, 11) is 0. The molecule has 4 rings (SSSR count). The van der Waals surface area contributed by atoms with Crippen molar-refractivity contribution in [2.75, 3.05) is 29.9 Å². The van der Waals surface area contributed by atoms with E-state index in [1.807, 2.05) is 38.1 Å². The van der Waals surface area contributed by atoms with Gasteiger partial charge in [-0.1, -0.05) is 11.6 Å². The zero-order valence-corrected chi connectivity index (χ0v) is 19.6. The van der Waals surface area contributed by atoms with Crippen LogP contribution in [0.3, 0.4) is 0 Å². The van der Waals surface area contributed by atoms with E-state index in [0.717, 1.165) is 35.9 Å². The van der Waals surface area contributed by atoms with Gasteiger partial charge in [0.2, 0.25) is 0 Å². The van der Waals surface area contributed by atoms with Crippen molar-refractivity contribution in [3.63, 3.8) is 0 Å². The summed E-state index contributed by atoms with van der Waals surface area (Å²) in [6, 6.07) is 14.5. The van der Waals surface area contributed by atoms with Crippen LogP contribution in [0.2, 0.25) is 5.02 Å². The van der Waals surface area contributed by atoms with Crippen molar-refractivity contribution in [2.24, 2.45) is 0 Å². The summed E-state index contributed by atoms with van der Waals surface area (Å²) in [5.74, 6) is -0.952. The van der Waals surface area contributed by atoms with Crippen molar-refractivity contribution < 1.29 is 14.3 Å². The lowest BCUT2D eigenvalue weighted by molar-refractivity contribution is -0.119. The second-order valence-electron chi connectivity index (χ2n) is 8.16. The van der Waals surface area contributed by atoms with Gasteiger partial charge < -0.3 is 15.0 Å². The van der Waals surface area contributed by atoms with Crippen molar-refractivity contribution in [1.29, 1.82) is 0 Å². The largest absolute Gasteiger partial charge is 0.452 e. The molecule has 33 heavy (non-hydrogen) atoms. The maximum Gasteiger partial charge on any atom is 0.338 e. The zero-order chi connectivity index (χ0) is 23.4. The van der Waals surface area contributed by atoms with Crippen LogP contribution in [0.15, 0.2) is 48.5 Å². The molecular formula is C25H27ClN4O3. The molecule has 172 valence electrons. The third kappa shape index (κ3) is 5.37. The molecule has 0 saturated carbocycles. The Morgan fingerprint density at radius 1 is 0.970 bits per heavy atom. The maximum absolute atomic E-state index is 12.3. The molecule has 1 aliphatic rings. The first kappa shape index (κ1) is 22.9. The number of ether oxygens (including phenoxy) is 1. The predicted molar refractivity (Wildman–Crippen MR) is 129 cm³/mol.